The summed E-state index contributed by atoms with van der Waals surface area (Å²) in [5.41, 5.74) is 3.59. The zero-order valence-corrected chi connectivity index (χ0v) is 10.4. The van der Waals surface area contributed by atoms with Crippen molar-refractivity contribution in [2.24, 2.45) is 0 Å². The van der Waals surface area contributed by atoms with Crippen LogP contribution in [0.5, 0.6) is 0 Å². The summed E-state index contributed by atoms with van der Waals surface area (Å²) in [6, 6.07) is 0. The first kappa shape index (κ1) is 12.0. The lowest BCUT2D eigenvalue weighted by Gasteiger charge is -2.13. The molecule has 15 heavy (non-hydrogen) atoms. The van der Waals surface area contributed by atoms with Gasteiger partial charge >= 0.3 is 0 Å². The molecule has 1 heterocycles. The fourth-order valence-corrected chi connectivity index (χ4v) is 1.58. The van der Waals surface area contributed by atoms with Crippen LogP contribution in [0.3, 0.4) is 0 Å². The van der Waals surface area contributed by atoms with Crippen molar-refractivity contribution in [2.45, 2.75) is 47.0 Å². The standard InChI is InChI=1S/C12H21N3/c1-6-7-13-12-10(5)9(4)11(8(2)3)14-15-12/h8H,6-7H2,1-5H3,(H,13,15). The van der Waals surface area contributed by atoms with E-state index in [0.717, 1.165) is 24.5 Å². The molecular weight excluding hydrogens is 186 g/mol. The Hall–Kier alpha value is -1.12. The molecule has 3 heteroatoms. The Bertz CT molecular complexity index is 332. The van der Waals surface area contributed by atoms with Crippen LogP contribution in [0.15, 0.2) is 0 Å². The van der Waals surface area contributed by atoms with Crippen molar-refractivity contribution in [3.63, 3.8) is 0 Å². The van der Waals surface area contributed by atoms with Gasteiger partial charge in [-0.2, -0.15) is 5.10 Å². The van der Waals surface area contributed by atoms with Gasteiger partial charge in [0.05, 0.1) is 5.69 Å². The molecule has 1 rings (SSSR count). The highest BCUT2D eigenvalue weighted by Gasteiger charge is 2.11. The van der Waals surface area contributed by atoms with Gasteiger partial charge in [-0.15, -0.1) is 5.10 Å². The summed E-state index contributed by atoms with van der Waals surface area (Å²) >= 11 is 0. The molecule has 0 fully saturated rings. The molecular formula is C12H21N3. The van der Waals surface area contributed by atoms with E-state index in [4.69, 9.17) is 0 Å². The Kier molecular flexibility index (Phi) is 4.06. The normalized spacial score (nSPS) is 10.8. The second-order valence-electron chi connectivity index (χ2n) is 4.27. The van der Waals surface area contributed by atoms with Crippen LogP contribution in [0.25, 0.3) is 0 Å². The van der Waals surface area contributed by atoms with Crippen molar-refractivity contribution >= 4 is 5.82 Å². The lowest BCUT2D eigenvalue weighted by atomic mass is 10.0. The van der Waals surface area contributed by atoms with Crippen LogP contribution in [-0.4, -0.2) is 16.7 Å². The molecule has 0 amide bonds. The zero-order chi connectivity index (χ0) is 11.4. The molecule has 0 aliphatic carbocycles. The molecule has 1 N–H and O–H groups in total. The minimum Gasteiger partial charge on any atom is -0.368 e. The maximum Gasteiger partial charge on any atom is 0.151 e. The third-order valence-electron chi connectivity index (χ3n) is 2.65. The van der Waals surface area contributed by atoms with E-state index in [9.17, 15) is 0 Å². The van der Waals surface area contributed by atoms with Gasteiger partial charge < -0.3 is 5.32 Å². The summed E-state index contributed by atoms with van der Waals surface area (Å²) in [4.78, 5) is 0. The highest BCUT2D eigenvalue weighted by atomic mass is 15.2. The smallest absolute Gasteiger partial charge is 0.151 e. The minimum absolute atomic E-state index is 0.441. The Balaban J connectivity index is 2.99. The Morgan fingerprint density at radius 1 is 1.13 bits per heavy atom. The first-order chi connectivity index (χ1) is 7.07. The molecule has 1 aromatic rings. The molecule has 1 aromatic heterocycles. The molecule has 3 nitrogen and oxygen atoms in total. The van der Waals surface area contributed by atoms with E-state index in [1.165, 1.54) is 11.1 Å². The second kappa shape index (κ2) is 5.10. The van der Waals surface area contributed by atoms with Crippen molar-refractivity contribution < 1.29 is 0 Å². The van der Waals surface area contributed by atoms with Gasteiger partial charge in [-0.3, -0.25) is 0 Å². The van der Waals surface area contributed by atoms with Gasteiger partial charge in [0.1, 0.15) is 0 Å². The van der Waals surface area contributed by atoms with E-state index in [1.807, 2.05) is 0 Å². The summed E-state index contributed by atoms with van der Waals surface area (Å²) in [5.74, 6) is 1.37. The monoisotopic (exact) mass is 207 g/mol. The Morgan fingerprint density at radius 2 is 1.80 bits per heavy atom. The van der Waals surface area contributed by atoms with Gasteiger partial charge in [0.2, 0.25) is 0 Å². The molecule has 0 spiro atoms. The first-order valence-electron chi connectivity index (χ1n) is 5.65. The largest absolute Gasteiger partial charge is 0.368 e. The summed E-state index contributed by atoms with van der Waals surface area (Å²) < 4.78 is 0. The van der Waals surface area contributed by atoms with E-state index >= 15 is 0 Å². The lowest BCUT2D eigenvalue weighted by Crippen LogP contribution is -2.09. The van der Waals surface area contributed by atoms with Crippen LogP contribution in [0.2, 0.25) is 0 Å². The topological polar surface area (TPSA) is 37.8 Å². The number of aromatic nitrogens is 2. The number of hydrogen-bond donors (Lipinski definition) is 1. The van der Waals surface area contributed by atoms with Crippen LogP contribution >= 0.6 is 0 Å². The van der Waals surface area contributed by atoms with E-state index in [0.29, 0.717) is 5.92 Å². The van der Waals surface area contributed by atoms with Gasteiger partial charge in [0, 0.05) is 6.54 Å². The SMILES string of the molecule is CCCNc1nnc(C(C)C)c(C)c1C. The highest BCUT2D eigenvalue weighted by Crippen LogP contribution is 2.22. The van der Waals surface area contributed by atoms with Crippen molar-refractivity contribution in [3.05, 3.63) is 16.8 Å². The predicted octanol–water partition coefficient (Wildman–Crippen LogP) is 3.04. The second-order valence-corrected chi connectivity index (χ2v) is 4.27. The average Bonchev–Trinajstić information content (AvgIpc) is 2.20. The van der Waals surface area contributed by atoms with Gasteiger partial charge in [0.15, 0.2) is 5.82 Å². The fourth-order valence-electron chi connectivity index (χ4n) is 1.58. The molecule has 0 saturated carbocycles. The van der Waals surface area contributed by atoms with Gasteiger partial charge in [-0.05, 0) is 37.3 Å². The molecule has 0 unspecified atom stereocenters. The predicted molar refractivity (Wildman–Crippen MR) is 64.4 cm³/mol. The molecule has 0 aromatic carbocycles. The van der Waals surface area contributed by atoms with Gasteiger partial charge in [-0.1, -0.05) is 20.8 Å². The first-order valence-corrected chi connectivity index (χ1v) is 5.65. The van der Waals surface area contributed by atoms with Gasteiger partial charge in [0.25, 0.3) is 0 Å². The number of anilines is 1. The fraction of sp³-hybridized carbons (Fsp3) is 0.667. The highest BCUT2D eigenvalue weighted by molar-refractivity contribution is 5.47. The lowest BCUT2D eigenvalue weighted by molar-refractivity contribution is 0.768. The van der Waals surface area contributed by atoms with Crippen molar-refractivity contribution in [3.8, 4) is 0 Å². The average molecular weight is 207 g/mol. The quantitative estimate of drug-likeness (QED) is 0.824. The van der Waals surface area contributed by atoms with Crippen LogP contribution in [0, 0.1) is 13.8 Å². The number of rotatable bonds is 4. The van der Waals surface area contributed by atoms with Crippen LogP contribution < -0.4 is 5.32 Å². The third kappa shape index (κ3) is 2.67. The number of nitrogens with one attached hydrogen (secondary N) is 1. The van der Waals surface area contributed by atoms with Crippen LogP contribution in [0.4, 0.5) is 5.82 Å². The Labute approximate surface area is 92.3 Å². The number of hydrogen-bond acceptors (Lipinski definition) is 3. The number of nitrogens with zero attached hydrogens (tertiary/aromatic N) is 2. The molecule has 0 saturated heterocycles. The zero-order valence-electron chi connectivity index (χ0n) is 10.4. The van der Waals surface area contributed by atoms with Crippen molar-refractivity contribution in [1.82, 2.24) is 10.2 Å². The molecule has 0 radical (unpaired) electrons. The maximum atomic E-state index is 4.28. The molecule has 0 aliphatic heterocycles. The molecule has 0 bridgehead atoms. The summed E-state index contributed by atoms with van der Waals surface area (Å²) in [5, 5.41) is 11.8. The summed E-state index contributed by atoms with van der Waals surface area (Å²) in [6.07, 6.45) is 1.10. The third-order valence-corrected chi connectivity index (χ3v) is 2.65. The van der Waals surface area contributed by atoms with E-state index < -0.39 is 0 Å². The molecule has 0 atom stereocenters. The Morgan fingerprint density at radius 3 is 2.33 bits per heavy atom. The van der Waals surface area contributed by atoms with Crippen molar-refractivity contribution in [1.29, 1.82) is 0 Å². The summed E-state index contributed by atoms with van der Waals surface area (Å²) in [7, 11) is 0. The summed E-state index contributed by atoms with van der Waals surface area (Å²) in [6.45, 7) is 11.6. The van der Waals surface area contributed by atoms with E-state index in [1.54, 1.807) is 0 Å². The van der Waals surface area contributed by atoms with E-state index in [2.05, 4.69) is 50.1 Å². The maximum absolute atomic E-state index is 4.28. The van der Waals surface area contributed by atoms with E-state index in [-0.39, 0.29) is 0 Å². The minimum atomic E-state index is 0.441. The molecule has 84 valence electrons. The molecule has 0 aliphatic rings. The van der Waals surface area contributed by atoms with Crippen molar-refractivity contribution in [2.75, 3.05) is 11.9 Å². The van der Waals surface area contributed by atoms with Gasteiger partial charge in [-0.25, -0.2) is 0 Å². The van der Waals surface area contributed by atoms with Crippen LogP contribution in [-0.2, 0) is 0 Å². The van der Waals surface area contributed by atoms with Crippen LogP contribution in [0.1, 0.15) is 49.9 Å².